The van der Waals surface area contributed by atoms with Crippen molar-refractivity contribution in [3.8, 4) is 0 Å². The van der Waals surface area contributed by atoms with Crippen molar-refractivity contribution in [2.24, 2.45) is 5.41 Å². The zero-order valence-corrected chi connectivity index (χ0v) is 10.5. The Morgan fingerprint density at radius 2 is 1.82 bits per heavy atom. The minimum atomic E-state index is -3.24. The van der Waals surface area contributed by atoms with Gasteiger partial charge in [0.25, 0.3) is 0 Å². The number of sulfone groups is 1. The van der Waals surface area contributed by atoms with E-state index >= 15 is 0 Å². The van der Waals surface area contributed by atoms with E-state index in [9.17, 15) is 8.42 Å². The van der Waals surface area contributed by atoms with E-state index in [1.807, 2.05) is 19.1 Å². The van der Waals surface area contributed by atoms with E-state index in [1.54, 1.807) is 12.1 Å². The number of hydrogen-bond acceptors (Lipinski definition) is 4. The Morgan fingerprint density at radius 3 is 2.24 bits per heavy atom. The zero-order chi connectivity index (χ0) is 12.1. The third kappa shape index (κ3) is 1.53. The molecule has 2 N–H and O–H groups in total. The highest BCUT2D eigenvalue weighted by Crippen LogP contribution is 2.39. The zero-order valence-electron chi connectivity index (χ0n) is 9.73. The van der Waals surface area contributed by atoms with Crippen LogP contribution in [-0.4, -0.2) is 33.4 Å². The monoisotopic (exact) mass is 252 g/mol. The molecule has 0 bridgehead atoms. The van der Waals surface area contributed by atoms with Crippen LogP contribution < -0.4 is 10.6 Å². The predicted octanol–water partition coefficient (Wildman–Crippen LogP) is 0.288. The van der Waals surface area contributed by atoms with E-state index in [4.69, 9.17) is 0 Å². The lowest BCUT2D eigenvalue weighted by molar-refractivity contribution is 0.0642. The van der Waals surface area contributed by atoms with Gasteiger partial charge < -0.3 is 5.32 Å². The van der Waals surface area contributed by atoms with E-state index in [0.717, 1.165) is 25.2 Å². The fraction of sp³-hybridized carbons (Fsp3) is 0.500. The molecule has 0 amide bonds. The second-order valence-electron chi connectivity index (χ2n) is 5.08. The van der Waals surface area contributed by atoms with Gasteiger partial charge in [0.1, 0.15) is 5.37 Å². The second-order valence-corrected chi connectivity index (χ2v) is 7.12. The summed E-state index contributed by atoms with van der Waals surface area (Å²) >= 11 is 0. The van der Waals surface area contributed by atoms with Gasteiger partial charge in [-0.05, 0) is 19.1 Å². The normalized spacial score (nSPS) is 26.3. The highest BCUT2D eigenvalue weighted by molar-refractivity contribution is 7.92. The molecule has 2 aliphatic rings. The average Bonchev–Trinajstić information content (AvgIpc) is 2.13. The van der Waals surface area contributed by atoms with E-state index in [2.05, 4.69) is 10.6 Å². The van der Waals surface area contributed by atoms with Crippen LogP contribution in [0.2, 0.25) is 0 Å². The van der Waals surface area contributed by atoms with Gasteiger partial charge in [0.15, 0.2) is 9.84 Å². The summed E-state index contributed by atoms with van der Waals surface area (Å²) in [5.74, 6) is 0. The Bertz CT molecular complexity index is 527. The van der Waals surface area contributed by atoms with Crippen LogP contribution >= 0.6 is 0 Å². The average molecular weight is 252 g/mol. The van der Waals surface area contributed by atoms with Crippen molar-refractivity contribution in [1.82, 2.24) is 10.6 Å². The molecule has 1 aromatic rings. The van der Waals surface area contributed by atoms with E-state index in [0.29, 0.717) is 4.90 Å². The van der Waals surface area contributed by atoms with Gasteiger partial charge in [-0.1, -0.05) is 17.7 Å². The molecular formula is C12H16N2O2S. The quantitative estimate of drug-likeness (QED) is 0.794. The summed E-state index contributed by atoms with van der Waals surface area (Å²) in [7, 11) is -3.24. The molecule has 1 unspecified atom stereocenters. The molecule has 0 aromatic heterocycles. The van der Waals surface area contributed by atoms with Crippen molar-refractivity contribution in [1.29, 1.82) is 0 Å². The summed E-state index contributed by atoms with van der Waals surface area (Å²) in [6, 6.07) is 7.09. The molecule has 2 aliphatic heterocycles. The molecule has 2 heterocycles. The third-order valence-corrected chi connectivity index (χ3v) is 6.03. The first kappa shape index (κ1) is 11.2. The second kappa shape index (κ2) is 3.54. The van der Waals surface area contributed by atoms with Gasteiger partial charge in [-0.3, -0.25) is 5.32 Å². The fourth-order valence-electron chi connectivity index (χ4n) is 2.53. The van der Waals surface area contributed by atoms with E-state index in [-0.39, 0.29) is 5.41 Å². The molecule has 1 spiro atoms. The molecule has 17 heavy (non-hydrogen) atoms. The van der Waals surface area contributed by atoms with Gasteiger partial charge in [0.05, 0.1) is 4.90 Å². The Balaban J connectivity index is 1.93. The SMILES string of the molecule is Cc1ccc(S(=O)(=O)C2NCC23CNC3)cc1. The van der Waals surface area contributed by atoms with Crippen molar-refractivity contribution >= 4 is 9.84 Å². The maximum atomic E-state index is 12.4. The van der Waals surface area contributed by atoms with Crippen LogP contribution in [-0.2, 0) is 9.84 Å². The summed E-state index contributed by atoms with van der Waals surface area (Å²) < 4.78 is 24.9. The largest absolute Gasteiger partial charge is 0.315 e. The minimum absolute atomic E-state index is 0.0658. The number of benzene rings is 1. The van der Waals surface area contributed by atoms with Gasteiger partial charge in [-0.25, -0.2) is 8.42 Å². The van der Waals surface area contributed by atoms with E-state index < -0.39 is 15.2 Å². The maximum Gasteiger partial charge on any atom is 0.194 e. The Kier molecular flexibility index (Phi) is 2.33. The molecule has 92 valence electrons. The molecule has 2 fully saturated rings. The third-order valence-electron chi connectivity index (χ3n) is 3.81. The van der Waals surface area contributed by atoms with Gasteiger partial charge in [0.2, 0.25) is 0 Å². The van der Waals surface area contributed by atoms with Gasteiger partial charge >= 0.3 is 0 Å². The van der Waals surface area contributed by atoms with Crippen LogP contribution in [0.3, 0.4) is 0 Å². The molecule has 1 atom stereocenters. The molecule has 4 nitrogen and oxygen atoms in total. The summed E-state index contributed by atoms with van der Waals surface area (Å²) in [5, 5.41) is 5.81. The van der Waals surface area contributed by atoms with E-state index in [1.165, 1.54) is 0 Å². The summed E-state index contributed by atoms with van der Waals surface area (Å²) in [6.07, 6.45) is 0. The first-order chi connectivity index (χ1) is 8.05. The number of rotatable bonds is 2. The fourth-order valence-corrected chi connectivity index (χ4v) is 4.53. The van der Waals surface area contributed by atoms with Crippen LogP contribution in [0.1, 0.15) is 5.56 Å². The summed E-state index contributed by atoms with van der Waals surface area (Å²) in [5.41, 5.74) is 1.01. The van der Waals surface area contributed by atoms with Gasteiger partial charge in [-0.15, -0.1) is 0 Å². The molecule has 0 aliphatic carbocycles. The standard InChI is InChI=1S/C12H16N2O2S/c1-9-2-4-10(5-3-9)17(15,16)11-12(8-14-11)6-13-7-12/h2-5,11,13-14H,6-8H2,1H3. The van der Waals surface area contributed by atoms with Crippen molar-refractivity contribution in [2.75, 3.05) is 19.6 Å². The molecular weight excluding hydrogens is 236 g/mol. The smallest absolute Gasteiger partial charge is 0.194 e. The highest BCUT2D eigenvalue weighted by atomic mass is 32.2. The van der Waals surface area contributed by atoms with Crippen molar-refractivity contribution in [3.63, 3.8) is 0 Å². The minimum Gasteiger partial charge on any atom is -0.315 e. The molecule has 3 rings (SSSR count). The summed E-state index contributed by atoms with van der Waals surface area (Å²) in [6.45, 7) is 4.36. The predicted molar refractivity (Wildman–Crippen MR) is 65.5 cm³/mol. The number of aryl methyl sites for hydroxylation is 1. The number of nitrogens with one attached hydrogen (secondary N) is 2. The first-order valence-corrected chi connectivity index (χ1v) is 7.34. The van der Waals surface area contributed by atoms with Crippen LogP contribution in [0.5, 0.6) is 0 Å². The maximum absolute atomic E-state index is 12.4. The van der Waals surface area contributed by atoms with Crippen molar-refractivity contribution in [2.45, 2.75) is 17.2 Å². The van der Waals surface area contributed by atoms with Crippen molar-refractivity contribution < 1.29 is 8.42 Å². The van der Waals surface area contributed by atoms with Crippen LogP contribution in [0, 0.1) is 12.3 Å². The lowest BCUT2D eigenvalue weighted by Gasteiger charge is -2.55. The topological polar surface area (TPSA) is 58.2 Å². The van der Waals surface area contributed by atoms with Crippen LogP contribution in [0.25, 0.3) is 0 Å². The molecule has 5 heteroatoms. The van der Waals surface area contributed by atoms with Crippen LogP contribution in [0.15, 0.2) is 29.2 Å². The van der Waals surface area contributed by atoms with Gasteiger partial charge in [0, 0.05) is 25.0 Å². The molecule has 1 aromatic carbocycles. The Hall–Kier alpha value is -0.910. The van der Waals surface area contributed by atoms with Gasteiger partial charge in [-0.2, -0.15) is 0 Å². The molecule has 2 saturated heterocycles. The number of hydrogen-bond donors (Lipinski definition) is 2. The first-order valence-electron chi connectivity index (χ1n) is 5.79. The molecule has 0 saturated carbocycles. The summed E-state index contributed by atoms with van der Waals surface area (Å²) in [4.78, 5) is 0.423. The lowest BCUT2D eigenvalue weighted by Crippen LogP contribution is -2.77. The Labute approximate surface area is 101 Å². The molecule has 0 radical (unpaired) electrons. The highest BCUT2D eigenvalue weighted by Gasteiger charge is 2.57. The van der Waals surface area contributed by atoms with Crippen LogP contribution in [0.4, 0.5) is 0 Å². The van der Waals surface area contributed by atoms with Crippen molar-refractivity contribution in [3.05, 3.63) is 29.8 Å². The lowest BCUT2D eigenvalue weighted by atomic mass is 9.76. The Morgan fingerprint density at radius 1 is 1.18 bits per heavy atom.